The van der Waals surface area contributed by atoms with E-state index in [-0.39, 0.29) is 5.56 Å². The van der Waals surface area contributed by atoms with Crippen molar-refractivity contribution in [3.05, 3.63) is 22.7 Å². The molecule has 1 saturated heterocycles. The van der Waals surface area contributed by atoms with Gasteiger partial charge in [0.25, 0.3) is 5.56 Å². The van der Waals surface area contributed by atoms with E-state index in [1.807, 2.05) is 4.90 Å². The van der Waals surface area contributed by atoms with Crippen LogP contribution in [-0.2, 0) is 0 Å². The van der Waals surface area contributed by atoms with Gasteiger partial charge < -0.3 is 9.88 Å². The fourth-order valence-corrected chi connectivity index (χ4v) is 2.29. The summed E-state index contributed by atoms with van der Waals surface area (Å²) in [5, 5.41) is 0. The van der Waals surface area contributed by atoms with E-state index in [2.05, 4.69) is 9.97 Å². The molecule has 1 aromatic rings. The first-order chi connectivity index (χ1) is 7.31. The first kappa shape index (κ1) is 10.5. The standard InChI is InChI=1S/C10H14ClN3O/c11-3-1-8-2-6-14(7-8)9-10(15)13-5-4-12-9/h4-5,8H,1-3,6-7H2,(H,13,15). The molecule has 1 N–H and O–H groups in total. The van der Waals surface area contributed by atoms with Gasteiger partial charge in [-0.15, -0.1) is 11.6 Å². The van der Waals surface area contributed by atoms with E-state index in [1.54, 1.807) is 12.4 Å². The second-order valence-electron chi connectivity index (χ2n) is 3.82. The summed E-state index contributed by atoms with van der Waals surface area (Å²) in [6.45, 7) is 1.80. The predicted molar refractivity (Wildman–Crippen MR) is 60.5 cm³/mol. The molecular formula is C10H14ClN3O. The van der Waals surface area contributed by atoms with Gasteiger partial charge in [-0.05, 0) is 18.8 Å². The summed E-state index contributed by atoms with van der Waals surface area (Å²) in [6.07, 6.45) is 5.29. The molecule has 4 nitrogen and oxygen atoms in total. The monoisotopic (exact) mass is 227 g/mol. The summed E-state index contributed by atoms with van der Waals surface area (Å²) >= 11 is 5.70. The van der Waals surface area contributed by atoms with Crippen LogP contribution in [0, 0.1) is 5.92 Å². The maximum Gasteiger partial charge on any atom is 0.290 e. The van der Waals surface area contributed by atoms with Crippen LogP contribution in [0.5, 0.6) is 0 Å². The van der Waals surface area contributed by atoms with Crippen LogP contribution in [0.3, 0.4) is 0 Å². The Hall–Kier alpha value is -1.03. The van der Waals surface area contributed by atoms with E-state index in [0.29, 0.717) is 17.6 Å². The number of hydrogen-bond donors (Lipinski definition) is 1. The molecule has 0 saturated carbocycles. The normalized spacial score (nSPS) is 20.9. The predicted octanol–water partition coefficient (Wildman–Crippen LogP) is 1.23. The third-order valence-electron chi connectivity index (χ3n) is 2.79. The van der Waals surface area contributed by atoms with Crippen molar-refractivity contribution in [2.45, 2.75) is 12.8 Å². The quantitative estimate of drug-likeness (QED) is 0.791. The summed E-state index contributed by atoms with van der Waals surface area (Å²) in [6, 6.07) is 0. The Bertz CT molecular complexity index is 379. The van der Waals surface area contributed by atoms with Gasteiger partial charge in [-0.2, -0.15) is 0 Å². The van der Waals surface area contributed by atoms with Gasteiger partial charge >= 0.3 is 0 Å². The highest BCUT2D eigenvalue weighted by Crippen LogP contribution is 2.22. The number of aromatic nitrogens is 2. The van der Waals surface area contributed by atoms with Crippen molar-refractivity contribution < 1.29 is 0 Å². The van der Waals surface area contributed by atoms with Gasteiger partial charge in [-0.3, -0.25) is 4.79 Å². The van der Waals surface area contributed by atoms with Crippen molar-refractivity contribution >= 4 is 17.4 Å². The van der Waals surface area contributed by atoms with E-state index in [4.69, 9.17) is 11.6 Å². The first-order valence-electron chi connectivity index (χ1n) is 5.16. The minimum Gasteiger partial charge on any atom is -0.352 e. The lowest BCUT2D eigenvalue weighted by molar-refractivity contribution is 0.572. The Labute approximate surface area is 93.3 Å². The molecule has 0 aliphatic carbocycles. The van der Waals surface area contributed by atoms with Crippen LogP contribution < -0.4 is 10.5 Å². The highest BCUT2D eigenvalue weighted by Gasteiger charge is 2.24. The Kier molecular flexibility index (Phi) is 3.26. The van der Waals surface area contributed by atoms with Gasteiger partial charge in [0.1, 0.15) is 0 Å². The number of H-pyrrole nitrogens is 1. The topological polar surface area (TPSA) is 49.0 Å². The largest absolute Gasteiger partial charge is 0.352 e. The maximum absolute atomic E-state index is 11.5. The van der Waals surface area contributed by atoms with E-state index >= 15 is 0 Å². The smallest absolute Gasteiger partial charge is 0.290 e. The summed E-state index contributed by atoms with van der Waals surface area (Å²) in [5.41, 5.74) is -0.107. The molecule has 1 aliphatic heterocycles. The van der Waals surface area contributed by atoms with E-state index in [1.165, 1.54) is 0 Å². The fraction of sp³-hybridized carbons (Fsp3) is 0.600. The molecule has 0 amide bonds. The molecule has 2 heterocycles. The molecule has 5 heteroatoms. The van der Waals surface area contributed by atoms with Gasteiger partial charge in [-0.1, -0.05) is 0 Å². The second kappa shape index (κ2) is 4.66. The van der Waals surface area contributed by atoms with E-state index in [9.17, 15) is 4.79 Å². The zero-order chi connectivity index (χ0) is 10.7. The molecule has 0 radical (unpaired) electrons. The van der Waals surface area contributed by atoms with E-state index < -0.39 is 0 Å². The molecule has 82 valence electrons. The van der Waals surface area contributed by atoms with Crippen molar-refractivity contribution in [3.8, 4) is 0 Å². The van der Waals surface area contributed by atoms with Gasteiger partial charge in [-0.25, -0.2) is 4.98 Å². The molecule has 0 spiro atoms. The highest BCUT2D eigenvalue weighted by atomic mass is 35.5. The number of rotatable bonds is 3. The average molecular weight is 228 g/mol. The number of hydrogen-bond acceptors (Lipinski definition) is 3. The summed E-state index contributed by atoms with van der Waals surface area (Å²) in [5.74, 6) is 1.83. The zero-order valence-electron chi connectivity index (χ0n) is 8.45. The maximum atomic E-state index is 11.5. The Morgan fingerprint density at radius 3 is 3.27 bits per heavy atom. The average Bonchev–Trinajstić information content (AvgIpc) is 2.68. The van der Waals surface area contributed by atoms with Crippen LogP contribution in [0.4, 0.5) is 5.82 Å². The number of alkyl halides is 1. The third kappa shape index (κ3) is 2.31. The number of halogens is 1. The van der Waals surface area contributed by atoms with Crippen LogP contribution in [0.15, 0.2) is 17.2 Å². The third-order valence-corrected chi connectivity index (χ3v) is 3.01. The lowest BCUT2D eigenvalue weighted by Crippen LogP contribution is -2.27. The van der Waals surface area contributed by atoms with Gasteiger partial charge in [0, 0.05) is 31.4 Å². The van der Waals surface area contributed by atoms with Gasteiger partial charge in [0.2, 0.25) is 0 Å². The minimum atomic E-state index is -0.107. The second-order valence-corrected chi connectivity index (χ2v) is 4.20. The molecule has 1 fully saturated rings. The molecule has 1 aliphatic rings. The van der Waals surface area contributed by atoms with Crippen LogP contribution in [0.1, 0.15) is 12.8 Å². The number of nitrogens with one attached hydrogen (secondary N) is 1. The van der Waals surface area contributed by atoms with Crippen LogP contribution in [0.25, 0.3) is 0 Å². The molecule has 1 aromatic heterocycles. The fourth-order valence-electron chi connectivity index (χ4n) is 1.98. The Morgan fingerprint density at radius 2 is 2.53 bits per heavy atom. The minimum absolute atomic E-state index is 0.107. The van der Waals surface area contributed by atoms with Crippen molar-refractivity contribution in [2.24, 2.45) is 5.92 Å². The number of aromatic amines is 1. The Balaban J connectivity index is 2.08. The number of nitrogens with zero attached hydrogens (tertiary/aromatic N) is 2. The highest BCUT2D eigenvalue weighted by molar-refractivity contribution is 6.17. The van der Waals surface area contributed by atoms with Crippen molar-refractivity contribution in [1.29, 1.82) is 0 Å². The molecule has 0 aromatic carbocycles. The van der Waals surface area contributed by atoms with Crippen LogP contribution in [0.2, 0.25) is 0 Å². The first-order valence-corrected chi connectivity index (χ1v) is 5.69. The summed E-state index contributed by atoms with van der Waals surface area (Å²) in [4.78, 5) is 20.3. The van der Waals surface area contributed by atoms with Crippen molar-refractivity contribution in [3.63, 3.8) is 0 Å². The lowest BCUT2D eigenvalue weighted by atomic mass is 10.1. The molecule has 15 heavy (non-hydrogen) atoms. The van der Waals surface area contributed by atoms with Gasteiger partial charge in [0.05, 0.1) is 0 Å². The zero-order valence-corrected chi connectivity index (χ0v) is 9.20. The molecule has 1 unspecified atom stereocenters. The number of anilines is 1. The summed E-state index contributed by atoms with van der Waals surface area (Å²) in [7, 11) is 0. The SMILES string of the molecule is O=c1[nH]ccnc1N1CCC(CCCl)C1. The molecule has 0 bridgehead atoms. The Morgan fingerprint density at radius 1 is 1.67 bits per heavy atom. The van der Waals surface area contributed by atoms with Crippen LogP contribution >= 0.6 is 11.6 Å². The lowest BCUT2D eigenvalue weighted by Gasteiger charge is -2.15. The van der Waals surface area contributed by atoms with E-state index in [0.717, 1.165) is 25.9 Å². The molecule has 2 rings (SSSR count). The van der Waals surface area contributed by atoms with Gasteiger partial charge in [0.15, 0.2) is 5.82 Å². The molecule has 1 atom stereocenters. The van der Waals surface area contributed by atoms with Crippen molar-refractivity contribution in [2.75, 3.05) is 23.9 Å². The summed E-state index contributed by atoms with van der Waals surface area (Å²) < 4.78 is 0. The molecular weight excluding hydrogens is 214 g/mol. The van der Waals surface area contributed by atoms with Crippen molar-refractivity contribution in [1.82, 2.24) is 9.97 Å². The van der Waals surface area contributed by atoms with Crippen LogP contribution in [-0.4, -0.2) is 28.9 Å².